The molecule has 0 radical (unpaired) electrons. The monoisotopic (exact) mass is 706 g/mol. The number of rotatable bonds is 14. The first-order valence-corrected chi connectivity index (χ1v) is 18.8. The van der Waals surface area contributed by atoms with Gasteiger partial charge in [0.1, 0.15) is 17.9 Å². The van der Waals surface area contributed by atoms with Gasteiger partial charge in [0.2, 0.25) is 5.91 Å². The molecule has 9 atom stereocenters. The quantitative estimate of drug-likeness (QED) is 0.216. The van der Waals surface area contributed by atoms with Crippen molar-refractivity contribution in [3.63, 3.8) is 0 Å². The first-order chi connectivity index (χ1) is 24.0. The van der Waals surface area contributed by atoms with E-state index in [1.54, 1.807) is 19.1 Å². The average Bonchev–Trinajstić information content (AvgIpc) is 3.43. The summed E-state index contributed by atoms with van der Waals surface area (Å²) in [7, 11) is 5.64. The number of methoxy groups -OCH3 is 1. The highest BCUT2D eigenvalue weighted by Crippen LogP contribution is 2.61. The summed E-state index contributed by atoms with van der Waals surface area (Å²) in [6, 6.07) is 10.9. The Labute approximate surface area is 305 Å². The molecule has 0 aromatic heterocycles. The number of carbonyl (C=O) groups is 2. The molecule has 282 valence electrons. The molecular weight excluding hydrogens is 644 g/mol. The van der Waals surface area contributed by atoms with Crippen molar-refractivity contribution in [2.24, 2.45) is 35.0 Å². The minimum absolute atomic E-state index is 0.0204. The summed E-state index contributed by atoms with van der Waals surface area (Å²) < 4.78 is 6.04. The number of fused-ring (bicyclic) bond motifs is 2. The van der Waals surface area contributed by atoms with Crippen molar-refractivity contribution >= 4 is 11.8 Å². The second kappa shape index (κ2) is 15.9. The Morgan fingerprint density at radius 2 is 1.86 bits per heavy atom. The Morgan fingerprint density at radius 3 is 2.45 bits per heavy atom. The SMILES string of the molecule is COc1c(CN2O[C@@H](CO)[C@@H]([C@H](C)O)[C@H]2C(=O)N[C@H]2C[C@H]3C[C@@H]([C@@H]2C)C3(C)C)cccc1-c1cc(C)cc(C(=O)N[C@H](CC(C)C)CN(C)C)c1. The van der Waals surface area contributed by atoms with E-state index in [-0.39, 0.29) is 37.0 Å². The first-order valence-electron chi connectivity index (χ1n) is 18.8. The molecule has 4 N–H and O–H groups in total. The summed E-state index contributed by atoms with van der Waals surface area (Å²) in [5, 5.41) is 29.4. The molecule has 10 heteroatoms. The lowest BCUT2D eigenvalue weighted by molar-refractivity contribution is -0.183. The summed E-state index contributed by atoms with van der Waals surface area (Å²) in [5.41, 5.74) is 4.24. The third-order valence-corrected chi connectivity index (χ3v) is 12.0. The number of amides is 2. The smallest absolute Gasteiger partial charge is 0.251 e. The minimum Gasteiger partial charge on any atom is -0.496 e. The summed E-state index contributed by atoms with van der Waals surface area (Å²) in [4.78, 5) is 36.2. The van der Waals surface area contributed by atoms with Crippen LogP contribution in [-0.4, -0.2) is 96.7 Å². The van der Waals surface area contributed by atoms with Crippen molar-refractivity contribution in [2.75, 3.05) is 34.4 Å². The third kappa shape index (κ3) is 8.31. The number of hydroxylamine groups is 2. The maximum absolute atomic E-state index is 14.2. The summed E-state index contributed by atoms with van der Waals surface area (Å²) in [6.45, 7) is 15.5. The molecule has 3 aliphatic carbocycles. The predicted molar refractivity (Wildman–Crippen MR) is 200 cm³/mol. The average molecular weight is 707 g/mol. The largest absolute Gasteiger partial charge is 0.496 e. The molecule has 3 saturated carbocycles. The fourth-order valence-electron chi connectivity index (χ4n) is 9.36. The van der Waals surface area contributed by atoms with E-state index in [1.165, 1.54) is 6.42 Å². The van der Waals surface area contributed by atoms with E-state index in [2.05, 4.69) is 50.2 Å². The number of para-hydroxylation sites is 1. The van der Waals surface area contributed by atoms with E-state index < -0.39 is 24.2 Å². The van der Waals surface area contributed by atoms with Crippen LogP contribution in [0.3, 0.4) is 0 Å². The second-order valence-corrected chi connectivity index (χ2v) is 16.9. The molecule has 0 unspecified atom stereocenters. The topological polar surface area (TPSA) is 124 Å². The number of hydrogen-bond donors (Lipinski definition) is 4. The summed E-state index contributed by atoms with van der Waals surface area (Å²) in [5.74, 6) is 1.60. The summed E-state index contributed by atoms with van der Waals surface area (Å²) in [6.07, 6.45) is 1.40. The molecule has 2 bridgehead atoms. The van der Waals surface area contributed by atoms with Crippen molar-refractivity contribution in [3.8, 4) is 16.9 Å². The van der Waals surface area contributed by atoms with Crippen LogP contribution in [0.4, 0.5) is 0 Å². The fourth-order valence-corrected chi connectivity index (χ4v) is 9.36. The molecule has 2 aromatic carbocycles. The van der Waals surface area contributed by atoms with Crippen molar-refractivity contribution in [1.82, 2.24) is 20.6 Å². The standard InChI is InChI=1S/C41H62N4O6/c1-23(2)14-31(21-44(8)9)42-39(48)29-16-24(3)15-28(17-29)32-13-11-12-27(38(32)50-10)20-45-37(36(26(5)47)35(22-46)51-45)40(49)43-34-19-30-18-33(25(34)4)41(30,6)7/h11-13,15-17,23,25-26,30-31,33-37,46-47H,14,18-22H2,1-10H3,(H,42,48)(H,43,49)/t25-,26-,30+,31+,33-,34-,35-,36+,37-/m0/s1. The fraction of sp³-hybridized carbons (Fsp3) is 0.659. The number of nitrogens with one attached hydrogen (secondary N) is 2. The number of aliphatic hydroxyl groups excluding tert-OH is 2. The molecule has 51 heavy (non-hydrogen) atoms. The zero-order valence-electron chi connectivity index (χ0n) is 32.4. The van der Waals surface area contributed by atoms with Gasteiger partial charge in [-0.2, -0.15) is 5.06 Å². The van der Waals surface area contributed by atoms with Gasteiger partial charge in [-0.1, -0.05) is 58.9 Å². The lowest BCUT2D eigenvalue weighted by Crippen LogP contribution is -2.62. The number of benzene rings is 2. The van der Waals surface area contributed by atoms with Crippen LogP contribution in [0.1, 0.15) is 82.3 Å². The van der Waals surface area contributed by atoms with Gasteiger partial charge >= 0.3 is 0 Å². The number of nitrogens with zero attached hydrogens (tertiary/aromatic N) is 2. The van der Waals surface area contributed by atoms with Crippen LogP contribution in [0.15, 0.2) is 36.4 Å². The summed E-state index contributed by atoms with van der Waals surface area (Å²) >= 11 is 0. The third-order valence-electron chi connectivity index (χ3n) is 12.0. The van der Waals surface area contributed by atoms with Crippen molar-refractivity contribution < 1.29 is 29.4 Å². The molecule has 6 rings (SSSR count). The molecule has 1 aliphatic heterocycles. The highest BCUT2D eigenvalue weighted by Gasteiger charge is 2.57. The number of aliphatic hydroxyl groups is 2. The van der Waals surface area contributed by atoms with Crippen LogP contribution in [0.25, 0.3) is 11.1 Å². The van der Waals surface area contributed by atoms with E-state index >= 15 is 0 Å². The van der Waals surface area contributed by atoms with Crippen LogP contribution in [-0.2, 0) is 16.2 Å². The van der Waals surface area contributed by atoms with Crippen LogP contribution in [0, 0.1) is 41.9 Å². The maximum Gasteiger partial charge on any atom is 0.251 e. The molecule has 2 aromatic rings. The molecule has 1 heterocycles. The predicted octanol–water partition coefficient (Wildman–Crippen LogP) is 5.04. The first kappa shape index (κ1) is 39.2. The van der Waals surface area contributed by atoms with Crippen LogP contribution in [0.5, 0.6) is 5.75 Å². The Morgan fingerprint density at radius 1 is 1.14 bits per heavy atom. The van der Waals surface area contributed by atoms with Gasteiger partial charge in [-0.3, -0.25) is 14.4 Å². The number of hydrogen-bond acceptors (Lipinski definition) is 8. The van der Waals surface area contributed by atoms with Crippen molar-refractivity contribution in [1.29, 1.82) is 0 Å². The Kier molecular flexibility index (Phi) is 12.2. The molecule has 4 aliphatic rings. The number of aryl methyl sites for hydroxylation is 1. The maximum atomic E-state index is 14.2. The second-order valence-electron chi connectivity index (χ2n) is 16.9. The highest BCUT2D eigenvalue weighted by molar-refractivity contribution is 5.96. The lowest BCUT2D eigenvalue weighted by Gasteiger charge is -2.62. The number of ether oxygens (including phenoxy) is 1. The zero-order chi connectivity index (χ0) is 37.4. The van der Waals surface area contributed by atoms with Gasteiger partial charge in [0.25, 0.3) is 5.91 Å². The van der Waals surface area contributed by atoms with E-state index in [1.807, 2.05) is 57.4 Å². The van der Waals surface area contributed by atoms with E-state index in [4.69, 9.17) is 9.57 Å². The lowest BCUT2D eigenvalue weighted by atomic mass is 9.45. The molecule has 2 amide bonds. The van der Waals surface area contributed by atoms with Gasteiger partial charge in [0.15, 0.2) is 0 Å². The molecule has 1 saturated heterocycles. The zero-order valence-corrected chi connectivity index (χ0v) is 32.4. The van der Waals surface area contributed by atoms with E-state index in [0.29, 0.717) is 40.4 Å². The van der Waals surface area contributed by atoms with Gasteiger partial charge in [0, 0.05) is 41.2 Å². The van der Waals surface area contributed by atoms with Crippen LogP contribution in [0.2, 0.25) is 0 Å². The van der Waals surface area contributed by atoms with Gasteiger partial charge in [-0.05, 0) is 99.6 Å². The van der Waals surface area contributed by atoms with Crippen LogP contribution < -0.4 is 15.4 Å². The number of carbonyl (C=O) groups excluding carboxylic acids is 2. The molecule has 0 spiro atoms. The van der Waals surface area contributed by atoms with E-state index in [9.17, 15) is 19.8 Å². The minimum atomic E-state index is -0.887. The van der Waals surface area contributed by atoms with Crippen LogP contribution >= 0.6 is 0 Å². The Bertz CT molecular complexity index is 1530. The molecule has 4 fully saturated rings. The van der Waals surface area contributed by atoms with Crippen molar-refractivity contribution in [2.45, 2.75) is 105 Å². The van der Waals surface area contributed by atoms with Gasteiger partial charge in [-0.15, -0.1) is 0 Å². The molecular formula is C41H62N4O6. The van der Waals surface area contributed by atoms with Gasteiger partial charge in [0.05, 0.1) is 26.4 Å². The van der Waals surface area contributed by atoms with E-state index in [0.717, 1.165) is 41.6 Å². The van der Waals surface area contributed by atoms with Gasteiger partial charge in [-0.25, -0.2) is 0 Å². The van der Waals surface area contributed by atoms with Crippen molar-refractivity contribution in [3.05, 3.63) is 53.1 Å². The highest BCUT2D eigenvalue weighted by atomic mass is 16.7. The normalized spacial score (nSPS) is 28.3. The van der Waals surface area contributed by atoms with Gasteiger partial charge < -0.3 is 30.5 Å². The Balaban J connectivity index is 1.41. The number of likely N-dealkylation sites (N-methyl/N-ethyl adjacent to an activating group) is 1. The Hall–Kier alpha value is -3.02. The molecule has 10 nitrogen and oxygen atoms in total.